The Kier molecular flexibility index (Phi) is 5.42. The van der Waals surface area contributed by atoms with Gasteiger partial charge in [-0.3, -0.25) is 4.79 Å². The van der Waals surface area contributed by atoms with Crippen molar-refractivity contribution in [3.05, 3.63) is 39.3 Å². The Bertz CT molecular complexity index is 931. The van der Waals surface area contributed by atoms with E-state index in [2.05, 4.69) is 10.3 Å². The minimum Gasteiger partial charge on any atom is -0.379 e. The van der Waals surface area contributed by atoms with Gasteiger partial charge >= 0.3 is 0 Å². The standard InChI is InChI=1S/C17H21N3O4S2/c1-11-4-5-14(19-17(21)16-12(2)18-13(3)25-16)10-15(11)26(22,23)20-6-8-24-9-7-20/h4-5,10H,6-9H2,1-3H3,(H,19,21). The van der Waals surface area contributed by atoms with Crippen molar-refractivity contribution < 1.29 is 17.9 Å². The first kappa shape index (κ1) is 19.0. The number of morpholine rings is 1. The summed E-state index contributed by atoms with van der Waals surface area (Å²) in [6.45, 7) is 6.80. The summed E-state index contributed by atoms with van der Waals surface area (Å²) < 4.78 is 32.5. The van der Waals surface area contributed by atoms with Gasteiger partial charge in [0.25, 0.3) is 5.91 Å². The molecule has 1 N–H and O–H groups in total. The van der Waals surface area contributed by atoms with E-state index in [1.807, 2.05) is 6.92 Å². The smallest absolute Gasteiger partial charge is 0.267 e. The molecule has 0 atom stereocenters. The van der Waals surface area contributed by atoms with Crippen LogP contribution in [0.15, 0.2) is 23.1 Å². The molecule has 1 saturated heterocycles. The molecule has 1 aromatic carbocycles. The van der Waals surface area contributed by atoms with Gasteiger partial charge in [-0.05, 0) is 38.5 Å². The minimum absolute atomic E-state index is 0.203. The molecule has 3 rings (SSSR count). The summed E-state index contributed by atoms with van der Waals surface area (Å²) in [5, 5.41) is 3.59. The summed E-state index contributed by atoms with van der Waals surface area (Å²) in [7, 11) is -3.63. The molecule has 1 fully saturated rings. The highest BCUT2D eigenvalue weighted by Gasteiger charge is 2.28. The number of thiazole rings is 1. The highest BCUT2D eigenvalue weighted by Crippen LogP contribution is 2.25. The third kappa shape index (κ3) is 3.80. The molecule has 0 unspecified atom stereocenters. The molecule has 1 aliphatic rings. The molecule has 0 radical (unpaired) electrons. The number of nitrogens with zero attached hydrogens (tertiary/aromatic N) is 2. The average Bonchev–Trinajstić information content (AvgIpc) is 2.95. The lowest BCUT2D eigenvalue weighted by molar-refractivity contribution is 0.0730. The van der Waals surface area contributed by atoms with Crippen molar-refractivity contribution in [3.63, 3.8) is 0 Å². The number of rotatable bonds is 4. The molecule has 2 aromatic rings. The lowest BCUT2D eigenvalue weighted by Crippen LogP contribution is -2.40. The van der Waals surface area contributed by atoms with Crippen LogP contribution in [0.1, 0.15) is 25.9 Å². The van der Waals surface area contributed by atoms with E-state index in [1.165, 1.54) is 21.7 Å². The molecule has 0 bridgehead atoms. The van der Waals surface area contributed by atoms with Gasteiger partial charge in [-0.25, -0.2) is 13.4 Å². The lowest BCUT2D eigenvalue weighted by atomic mass is 10.2. The summed E-state index contributed by atoms with van der Waals surface area (Å²) in [5.74, 6) is -0.285. The fourth-order valence-electron chi connectivity index (χ4n) is 2.81. The van der Waals surface area contributed by atoms with Gasteiger partial charge in [0.1, 0.15) is 4.88 Å². The van der Waals surface area contributed by atoms with Gasteiger partial charge in [-0.15, -0.1) is 11.3 Å². The second-order valence-electron chi connectivity index (χ2n) is 6.10. The summed E-state index contributed by atoms with van der Waals surface area (Å²) in [6.07, 6.45) is 0. The van der Waals surface area contributed by atoms with Crippen LogP contribution in [0.4, 0.5) is 5.69 Å². The molecule has 1 aliphatic heterocycles. The highest BCUT2D eigenvalue weighted by molar-refractivity contribution is 7.89. The van der Waals surface area contributed by atoms with Crippen LogP contribution in [0.5, 0.6) is 0 Å². The number of anilines is 1. The molecular weight excluding hydrogens is 374 g/mol. The van der Waals surface area contributed by atoms with Crippen molar-refractivity contribution in [2.75, 3.05) is 31.6 Å². The molecule has 2 heterocycles. The van der Waals surface area contributed by atoms with Crippen LogP contribution in [-0.4, -0.2) is 49.9 Å². The second kappa shape index (κ2) is 7.43. The van der Waals surface area contributed by atoms with Gasteiger partial charge < -0.3 is 10.1 Å². The lowest BCUT2D eigenvalue weighted by Gasteiger charge is -2.26. The summed E-state index contributed by atoms with van der Waals surface area (Å²) in [5.41, 5.74) is 1.75. The molecule has 1 aromatic heterocycles. The van der Waals surface area contributed by atoms with Gasteiger partial charge in [0.15, 0.2) is 0 Å². The third-order valence-corrected chi connectivity index (χ3v) is 7.26. The monoisotopic (exact) mass is 395 g/mol. The number of hydrogen-bond acceptors (Lipinski definition) is 6. The molecular formula is C17H21N3O4S2. The number of sulfonamides is 1. The molecule has 0 spiro atoms. The Morgan fingerprint density at radius 3 is 2.54 bits per heavy atom. The third-order valence-electron chi connectivity index (χ3n) is 4.14. The Balaban J connectivity index is 1.88. The fourth-order valence-corrected chi connectivity index (χ4v) is 5.29. The molecule has 26 heavy (non-hydrogen) atoms. The predicted molar refractivity (Wildman–Crippen MR) is 100 cm³/mol. The number of nitrogens with one attached hydrogen (secondary N) is 1. The number of carbonyl (C=O) groups is 1. The zero-order valence-corrected chi connectivity index (χ0v) is 16.5. The van der Waals surface area contributed by atoms with Crippen LogP contribution in [0, 0.1) is 20.8 Å². The summed E-state index contributed by atoms with van der Waals surface area (Å²) in [4.78, 5) is 17.5. The van der Waals surface area contributed by atoms with Crippen molar-refractivity contribution >= 4 is 33.0 Å². The van der Waals surface area contributed by atoms with E-state index in [1.54, 1.807) is 26.0 Å². The van der Waals surface area contributed by atoms with E-state index >= 15 is 0 Å². The predicted octanol–water partition coefficient (Wildman–Crippen LogP) is 2.34. The maximum atomic E-state index is 12.9. The Labute approximate surface area is 157 Å². The zero-order valence-electron chi connectivity index (χ0n) is 14.9. The first-order valence-corrected chi connectivity index (χ1v) is 10.5. The van der Waals surface area contributed by atoms with E-state index in [0.717, 1.165) is 5.01 Å². The minimum atomic E-state index is -3.63. The fraction of sp³-hybridized carbons (Fsp3) is 0.412. The van der Waals surface area contributed by atoms with E-state index in [0.29, 0.717) is 48.1 Å². The normalized spacial score (nSPS) is 15.8. The van der Waals surface area contributed by atoms with Crippen molar-refractivity contribution in [1.82, 2.24) is 9.29 Å². The Morgan fingerprint density at radius 2 is 1.92 bits per heavy atom. The van der Waals surface area contributed by atoms with Crippen LogP contribution >= 0.6 is 11.3 Å². The SMILES string of the molecule is Cc1nc(C)c(C(=O)Nc2ccc(C)c(S(=O)(=O)N3CCOCC3)c2)s1. The number of aryl methyl sites for hydroxylation is 3. The van der Waals surface area contributed by atoms with Gasteiger partial charge in [-0.1, -0.05) is 6.07 Å². The second-order valence-corrected chi connectivity index (χ2v) is 9.21. The van der Waals surface area contributed by atoms with Gasteiger partial charge in [-0.2, -0.15) is 4.31 Å². The highest BCUT2D eigenvalue weighted by atomic mass is 32.2. The number of carbonyl (C=O) groups excluding carboxylic acids is 1. The largest absolute Gasteiger partial charge is 0.379 e. The number of hydrogen-bond donors (Lipinski definition) is 1. The van der Waals surface area contributed by atoms with E-state index < -0.39 is 10.0 Å². The summed E-state index contributed by atoms with van der Waals surface area (Å²) >= 11 is 1.31. The number of benzene rings is 1. The van der Waals surface area contributed by atoms with Gasteiger partial charge in [0, 0.05) is 18.8 Å². The van der Waals surface area contributed by atoms with Crippen molar-refractivity contribution in [2.45, 2.75) is 25.7 Å². The van der Waals surface area contributed by atoms with Crippen LogP contribution in [0.3, 0.4) is 0 Å². The Hall–Kier alpha value is -1.81. The number of aromatic nitrogens is 1. The first-order valence-electron chi connectivity index (χ1n) is 8.23. The quantitative estimate of drug-likeness (QED) is 0.858. The topological polar surface area (TPSA) is 88.6 Å². The van der Waals surface area contributed by atoms with Crippen LogP contribution in [-0.2, 0) is 14.8 Å². The van der Waals surface area contributed by atoms with E-state index in [4.69, 9.17) is 4.74 Å². The van der Waals surface area contributed by atoms with Crippen LogP contribution < -0.4 is 5.32 Å². The van der Waals surface area contributed by atoms with E-state index in [-0.39, 0.29) is 10.8 Å². The number of amides is 1. The first-order chi connectivity index (χ1) is 12.3. The van der Waals surface area contributed by atoms with Gasteiger partial charge in [0.2, 0.25) is 10.0 Å². The molecule has 9 heteroatoms. The van der Waals surface area contributed by atoms with E-state index in [9.17, 15) is 13.2 Å². The molecule has 0 saturated carbocycles. The van der Waals surface area contributed by atoms with Gasteiger partial charge in [0.05, 0.1) is 28.8 Å². The maximum Gasteiger partial charge on any atom is 0.267 e. The zero-order chi connectivity index (χ0) is 18.9. The average molecular weight is 396 g/mol. The number of ether oxygens (including phenoxy) is 1. The van der Waals surface area contributed by atoms with Crippen molar-refractivity contribution in [1.29, 1.82) is 0 Å². The van der Waals surface area contributed by atoms with Crippen molar-refractivity contribution in [3.8, 4) is 0 Å². The maximum absolute atomic E-state index is 12.9. The summed E-state index contributed by atoms with van der Waals surface area (Å²) in [6, 6.07) is 4.92. The molecule has 1 amide bonds. The van der Waals surface area contributed by atoms with Crippen LogP contribution in [0.25, 0.3) is 0 Å². The molecule has 140 valence electrons. The molecule has 0 aliphatic carbocycles. The Morgan fingerprint density at radius 1 is 1.23 bits per heavy atom. The van der Waals surface area contributed by atoms with Crippen LogP contribution in [0.2, 0.25) is 0 Å². The molecule has 7 nitrogen and oxygen atoms in total. The van der Waals surface area contributed by atoms with Crippen molar-refractivity contribution in [2.24, 2.45) is 0 Å².